The van der Waals surface area contributed by atoms with Gasteiger partial charge in [-0.1, -0.05) is 6.07 Å². The summed E-state index contributed by atoms with van der Waals surface area (Å²) in [6.45, 7) is 4.10. The minimum atomic E-state index is 0.505. The number of nitrogens with one attached hydrogen (secondary N) is 1. The van der Waals surface area contributed by atoms with Gasteiger partial charge in [0.1, 0.15) is 11.6 Å². The van der Waals surface area contributed by atoms with E-state index in [0.717, 1.165) is 36.8 Å². The van der Waals surface area contributed by atoms with Crippen molar-refractivity contribution >= 4 is 5.82 Å². The third-order valence-corrected chi connectivity index (χ3v) is 3.27. The van der Waals surface area contributed by atoms with Crippen LogP contribution in [-0.2, 0) is 0 Å². The number of nitrogens with zero attached hydrogens (tertiary/aromatic N) is 3. The zero-order chi connectivity index (χ0) is 11.7. The Hall–Kier alpha value is -1.84. The fourth-order valence-corrected chi connectivity index (χ4v) is 2.37. The predicted octanol–water partition coefficient (Wildman–Crippen LogP) is 2.11. The van der Waals surface area contributed by atoms with E-state index in [9.17, 15) is 0 Å². The summed E-state index contributed by atoms with van der Waals surface area (Å²) < 4.78 is 0. The van der Waals surface area contributed by atoms with Gasteiger partial charge in [0.15, 0.2) is 0 Å². The van der Waals surface area contributed by atoms with Gasteiger partial charge in [-0.3, -0.25) is 0 Å². The molecule has 0 aromatic carbocycles. The first-order valence-corrected chi connectivity index (χ1v) is 6.00. The maximum atomic E-state index is 4.42. The molecule has 4 heteroatoms. The van der Waals surface area contributed by atoms with Gasteiger partial charge in [0.25, 0.3) is 0 Å². The van der Waals surface area contributed by atoms with Crippen LogP contribution in [0.2, 0.25) is 0 Å². The Bertz CT molecular complexity index is 491. The Labute approximate surface area is 101 Å². The average Bonchev–Trinajstić information content (AvgIpc) is 2.98. The molecule has 3 heterocycles. The third-order valence-electron chi connectivity index (χ3n) is 3.27. The smallest absolute Gasteiger partial charge is 0.128 e. The van der Waals surface area contributed by atoms with Gasteiger partial charge < -0.3 is 9.88 Å². The van der Waals surface area contributed by atoms with Crippen molar-refractivity contribution in [2.45, 2.75) is 19.3 Å². The van der Waals surface area contributed by atoms with E-state index in [2.05, 4.69) is 25.9 Å². The van der Waals surface area contributed by atoms with Crippen LogP contribution < -0.4 is 4.90 Å². The molecule has 88 valence electrons. The molecule has 0 radical (unpaired) electrons. The fourth-order valence-electron chi connectivity index (χ4n) is 2.37. The molecule has 1 fully saturated rings. The molecule has 2 aromatic heterocycles. The number of hydrogen-bond donors (Lipinski definition) is 1. The van der Waals surface area contributed by atoms with Crippen LogP contribution in [0.4, 0.5) is 5.82 Å². The highest BCUT2D eigenvalue weighted by Gasteiger charge is 2.26. The van der Waals surface area contributed by atoms with Crippen molar-refractivity contribution in [2.24, 2.45) is 0 Å². The van der Waals surface area contributed by atoms with Crippen molar-refractivity contribution in [1.29, 1.82) is 0 Å². The molecule has 0 saturated carbocycles. The first kappa shape index (κ1) is 10.3. The lowest BCUT2D eigenvalue weighted by Gasteiger charge is -2.16. The van der Waals surface area contributed by atoms with E-state index in [1.807, 2.05) is 31.5 Å². The van der Waals surface area contributed by atoms with Crippen molar-refractivity contribution in [3.8, 4) is 0 Å². The number of aryl methyl sites for hydroxylation is 1. The molecule has 17 heavy (non-hydrogen) atoms. The highest BCUT2D eigenvalue weighted by atomic mass is 15.2. The lowest BCUT2D eigenvalue weighted by molar-refractivity contribution is 0.720. The molecular weight excluding hydrogens is 212 g/mol. The molecular formula is C13H16N4. The number of aromatic nitrogens is 3. The van der Waals surface area contributed by atoms with E-state index in [0.29, 0.717) is 5.92 Å². The van der Waals surface area contributed by atoms with Crippen molar-refractivity contribution in [3.63, 3.8) is 0 Å². The second-order valence-corrected chi connectivity index (χ2v) is 4.57. The molecule has 4 nitrogen and oxygen atoms in total. The Morgan fingerprint density at radius 2 is 2.29 bits per heavy atom. The number of aromatic amines is 1. The van der Waals surface area contributed by atoms with E-state index in [4.69, 9.17) is 0 Å². The molecule has 1 aliphatic heterocycles. The van der Waals surface area contributed by atoms with E-state index >= 15 is 0 Å². The van der Waals surface area contributed by atoms with Crippen LogP contribution in [0.1, 0.15) is 23.9 Å². The molecule has 0 amide bonds. The van der Waals surface area contributed by atoms with Crippen molar-refractivity contribution < 1.29 is 0 Å². The van der Waals surface area contributed by atoms with Gasteiger partial charge in [-0.05, 0) is 25.5 Å². The standard InChI is InChI=1S/C13H16N4/c1-10-8-15-13(16-10)11-5-7-17(9-11)12-4-2-3-6-14-12/h2-4,6,8,11H,5,7,9H2,1H3,(H,15,16). The fraction of sp³-hybridized carbons (Fsp3) is 0.385. The van der Waals surface area contributed by atoms with Crippen molar-refractivity contribution in [2.75, 3.05) is 18.0 Å². The van der Waals surface area contributed by atoms with Crippen molar-refractivity contribution in [3.05, 3.63) is 42.1 Å². The zero-order valence-corrected chi connectivity index (χ0v) is 9.93. The Morgan fingerprint density at radius 1 is 1.35 bits per heavy atom. The summed E-state index contributed by atoms with van der Waals surface area (Å²) in [5, 5.41) is 0. The quantitative estimate of drug-likeness (QED) is 0.856. The second kappa shape index (κ2) is 4.20. The molecule has 1 saturated heterocycles. The second-order valence-electron chi connectivity index (χ2n) is 4.57. The molecule has 3 rings (SSSR count). The number of pyridine rings is 1. The Morgan fingerprint density at radius 3 is 3.00 bits per heavy atom. The summed E-state index contributed by atoms with van der Waals surface area (Å²) in [6.07, 6.45) is 4.89. The normalized spacial score (nSPS) is 19.8. The topological polar surface area (TPSA) is 44.8 Å². The van der Waals surface area contributed by atoms with Crippen molar-refractivity contribution in [1.82, 2.24) is 15.0 Å². The van der Waals surface area contributed by atoms with Gasteiger partial charge >= 0.3 is 0 Å². The summed E-state index contributed by atoms with van der Waals surface area (Å²) in [5.74, 6) is 2.69. The minimum Gasteiger partial charge on any atom is -0.356 e. The Kier molecular flexibility index (Phi) is 2.55. The average molecular weight is 228 g/mol. The number of H-pyrrole nitrogens is 1. The molecule has 1 N–H and O–H groups in total. The van der Waals surface area contributed by atoms with E-state index < -0.39 is 0 Å². The Balaban J connectivity index is 1.74. The van der Waals surface area contributed by atoms with Crippen LogP contribution in [0.25, 0.3) is 0 Å². The lowest BCUT2D eigenvalue weighted by atomic mass is 10.1. The first-order chi connectivity index (χ1) is 8.33. The minimum absolute atomic E-state index is 0.505. The number of anilines is 1. The summed E-state index contributed by atoms with van der Waals surface area (Å²) in [5.41, 5.74) is 1.14. The van der Waals surface area contributed by atoms with Crippen LogP contribution in [-0.4, -0.2) is 28.0 Å². The predicted molar refractivity (Wildman–Crippen MR) is 67.1 cm³/mol. The number of imidazole rings is 1. The highest BCUT2D eigenvalue weighted by Crippen LogP contribution is 2.27. The van der Waals surface area contributed by atoms with Gasteiger partial charge in [-0.25, -0.2) is 9.97 Å². The summed E-state index contributed by atoms with van der Waals surface area (Å²) in [7, 11) is 0. The monoisotopic (exact) mass is 228 g/mol. The maximum absolute atomic E-state index is 4.42. The van der Waals surface area contributed by atoms with E-state index in [1.54, 1.807) is 0 Å². The van der Waals surface area contributed by atoms with Crippen LogP contribution in [0, 0.1) is 6.92 Å². The molecule has 0 bridgehead atoms. The van der Waals surface area contributed by atoms with E-state index in [-0.39, 0.29) is 0 Å². The van der Waals surface area contributed by atoms with Gasteiger partial charge in [0.2, 0.25) is 0 Å². The molecule has 1 aliphatic rings. The lowest BCUT2D eigenvalue weighted by Crippen LogP contribution is -2.20. The van der Waals surface area contributed by atoms with E-state index in [1.165, 1.54) is 0 Å². The summed E-state index contributed by atoms with van der Waals surface area (Å²) in [4.78, 5) is 14.5. The first-order valence-electron chi connectivity index (χ1n) is 6.00. The van der Waals surface area contributed by atoms with Crippen LogP contribution >= 0.6 is 0 Å². The molecule has 0 aliphatic carbocycles. The summed E-state index contributed by atoms with van der Waals surface area (Å²) >= 11 is 0. The maximum Gasteiger partial charge on any atom is 0.128 e. The molecule has 1 atom stereocenters. The third kappa shape index (κ3) is 2.02. The SMILES string of the molecule is Cc1cnc(C2CCN(c3ccccn3)C2)[nH]1. The zero-order valence-electron chi connectivity index (χ0n) is 9.93. The largest absolute Gasteiger partial charge is 0.356 e. The molecule has 0 spiro atoms. The summed E-state index contributed by atoms with van der Waals surface area (Å²) in [6, 6.07) is 6.05. The highest BCUT2D eigenvalue weighted by molar-refractivity contribution is 5.40. The van der Waals surface area contributed by atoms with Crippen LogP contribution in [0.5, 0.6) is 0 Å². The number of hydrogen-bond acceptors (Lipinski definition) is 3. The van der Waals surface area contributed by atoms with Crippen LogP contribution in [0.3, 0.4) is 0 Å². The van der Waals surface area contributed by atoms with Gasteiger partial charge in [0, 0.05) is 37.1 Å². The van der Waals surface area contributed by atoms with Crippen LogP contribution in [0.15, 0.2) is 30.6 Å². The van der Waals surface area contributed by atoms with Gasteiger partial charge in [-0.2, -0.15) is 0 Å². The van der Waals surface area contributed by atoms with Gasteiger partial charge in [0.05, 0.1) is 0 Å². The molecule has 2 aromatic rings. The van der Waals surface area contributed by atoms with Gasteiger partial charge in [-0.15, -0.1) is 0 Å². The number of rotatable bonds is 2. The molecule has 1 unspecified atom stereocenters.